The largest absolute Gasteiger partial charge is 0.342 e. The molecular weight excluding hydrogens is 404 g/mol. The molecule has 2 heterocycles. The number of thioether (sulfide) groups is 1. The van der Waals surface area contributed by atoms with Gasteiger partial charge < -0.3 is 4.90 Å². The summed E-state index contributed by atoms with van der Waals surface area (Å²) >= 11 is 7.49. The maximum atomic E-state index is 12.6. The SMILES string of the molecule is Cc1ccc(-n2c(SCC(=O)N3CCCCC3)nnc2-c2ccc(Cl)cc2)cc1. The van der Waals surface area contributed by atoms with Crippen LogP contribution in [0.2, 0.25) is 5.02 Å². The summed E-state index contributed by atoms with van der Waals surface area (Å²) in [6.45, 7) is 3.78. The highest BCUT2D eigenvalue weighted by atomic mass is 35.5. The van der Waals surface area contributed by atoms with Crippen molar-refractivity contribution in [3.8, 4) is 17.1 Å². The fourth-order valence-electron chi connectivity index (χ4n) is 3.44. The molecule has 1 aliphatic heterocycles. The summed E-state index contributed by atoms with van der Waals surface area (Å²) in [5.41, 5.74) is 3.08. The Bertz CT molecular complexity index is 979. The van der Waals surface area contributed by atoms with Crippen LogP contribution in [0, 0.1) is 6.92 Å². The molecule has 0 N–H and O–H groups in total. The fraction of sp³-hybridized carbons (Fsp3) is 0.318. The van der Waals surface area contributed by atoms with Crippen LogP contribution in [0.4, 0.5) is 0 Å². The van der Waals surface area contributed by atoms with Crippen LogP contribution in [0.1, 0.15) is 24.8 Å². The number of nitrogens with zero attached hydrogens (tertiary/aromatic N) is 4. The van der Waals surface area contributed by atoms with Gasteiger partial charge >= 0.3 is 0 Å². The van der Waals surface area contributed by atoms with Crippen LogP contribution in [0.15, 0.2) is 53.7 Å². The Morgan fingerprint density at radius 1 is 1.00 bits per heavy atom. The van der Waals surface area contributed by atoms with Gasteiger partial charge in [-0.15, -0.1) is 10.2 Å². The lowest BCUT2D eigenvalue weighted by Gasteiger charge is -2.26. The number of hydrogen-bond donors (Lipinski definition) is 0. The minimum Gasteiger partial charge on any atom is -0.342 e. The van der Waals surface area contributed by atoms with E-state index in [4.69, 9.17) is 11.6 Å². The normalized spacial score (nSPS) is 14.2. The Balaban J connectivity index is 1.63. The van der Waals surface area contributed by atoms with Crippen LogP contribution < -0.4 is 0 Å². The number of carbonyl (C=O) groups excluding carboxylic acids is 1. The summed E-state index contributed by atoms with van der Waals surface area (Å²) in [5.74, 6) is 1.27. The quantitative estimate of drug-likeness (QED) is 0.538. The van der Waals surface area contributed by atoms with Crippen molar-refractivity contribution in [2.45, 2.75) is 31.3 Å². The van der Waals surface area contributed by atoms with E-state index in [2.05, 4.69) is 41.4 Å². The molecule has 3 aromatic rings. The highest BCUT2D eigenvalue weighted by Crippen LogP contribution is 2.29. The first-order valence-electron chi connectivity index (χ1n) is 9.81. The molecule has 0 atom stereocenters. The Labute approximate surface area is 180 Å². The van der Waals surface area contributed by atoms with Crippen LogP contribution in [-0.2, 0) is 4.79 Å². The fourth-order valence-corrected chi connectivity index (χ4v) is 4.42. The molecule has 0 bridgehead atoms. The number of halogens is 1. The van der Waals surface area contributed by atoms with Gasteiger partial charge in [0.05, 0.1) is 5.75 Å². The number of piperidine rings is 1. The maximum absolute atomic E-state index is 12.6. The molecule has 5 nitrogen and oxygen atoms in total. The highest BCUT2D eigenvalue weighted by molar-refractivity contribution is 7.99. The number of likely N-dealkylation sites (tertiary alicyclic amines) is 1. The van der Waals surface area contributed by atoms with Crippen LogP contribution in [0.5, 0.6) is 0 Å². The predicted octanol–water partition coefficient (Wildman–Crippen LogP) is 5.00. The Morgan fingerprint density at radius 2 is 1.69 bits per heavy atom. The zero-order chi connectivity index (χ0) is 20.2. The van der Waals surface area contributed by atoms with E-state index >= 15 is 0 Å². The maximum Gasteiger partial charge on any atom is 0.233 e. The number of aromatic nitrogens is 3. The van der Waals surface area contributed by atoms with Crippen molar-refractivity contribution in [2.24, 2.45) is 0 Å². The van der Waals surface area contributed by atoms with Gasteiger partial charge in [0.2, 0.25) is 5.91 Å². The van der Waals surface area contributed by atoms with Crippen molar-refractivity contribution in [1.82, 2.24) is 19.7 Å². The van der Waals surface area contributed by atoms with Gasteiger partial charge in [0.15, 0.2) is 11.0 Å². The van der Waals surface area contributed by atoms with Crippen LogP contribution in [0.25, 0.3) is 17.1 Å². The van der Waals surface area contributed by atoms with Gasteiger partial charge in [-0.05, 0) is 62.6 Å². The lowest BCUT2D eigenvalue weighted by molar-refractivity contribution is -0.129. The number of carbonyl (C=O) groups is 1. The van der Waals surface area contributed by atoms with Gasteiger partial charge in [0.25, 0.3) is 0 Å². The molecule has 0 spiro atoms. The van der Waals surface area contributed by atoms with Crippen LogP contribution in [0.3, 0.4) is 0 Å². The van der Waals surface area contributed by atoms with E-state index in [1.165, 1.54) is 23.7 Å². The van der Waals surface area contributed by atoms with E-state index in [1.54, 1.807) is 0 Å². The van der Waals surface area contributed by atoms with Crippen molar-refractivity contribution in [1.29, 1.82) is 0 Å². The van der Waals surface area contributed by atoms with Gasteiger partial charge in [0, 0.05) is 29.4 Å². The molecule has 0 aliphatic carbocycles. The van der Waals surface area contributed by atoms with Gasteiger partial charge in [-0.3, -0.25) is 9.36 Å². The van der Waals surface area contributed by atoms with Gasteiger partial charge in [-0.25, -0.2) is 0 Å². The molecule has 0 radical (unpaired) electrons. The molecule has 29 heavy (non-hydrogen) atoms. The highest BCUT2D eigenvalue weighted by Gasteiger charge is 2.20. The predicted molar refractivity (Wildman–Crippen MR) is 118 cm³/mol. The van der Waals surface area contributed by atoms with E-state index in [9.17, 15) is 4.79 Å². The van der Waals surface area contributed by atoms with Gasteiger partial charge in [0.1, 0.15) is 0 Å². The molecule has 0 saturated carbocycles. The molecule has 1 aliphatic rings. The van der Waals surface area contributed by atoms with E-state index in [-0.39, 0.29) is 5.91 Å². The van der Waals surface area contributed by atoms with Crippen molar-refractivity contribution in [3.05, 3.63) is 59.1 Å². The molecule has 1 aromatic heterocycles. The molecule has 7 heteroatoms. The summed E-state index contributed by atoms with van der Waals surface area (Å²) in [7, 11) is 0. The first-order chi connectivity index (χ1) is 14.1. The summed E-state index contributed by atoms with van der Waals surface area (Å²) in [4.78, 5) is 14.6. The van der Waals surface area contributed by atoms with Gasteiger partial charge in [-0.2, -0.15) is 0 Å². The van der Waals surface area contributed by atoms with Crippen LogP contribution in [-0.4, -0.2) is 44.4 Å². The monoisotopic (exact) mass is 426 g/mol. The number of aryl methyl sites for hydroxylation is 1. The first-order valence-corrected chi connectivity index (χ1v) is 11.2. The molecule has 1 fully saturated rings. The number of hydrogen-bond acceptors (Lipinski definition) is 4. The summed E-state index contributed by atoms with van der Waals surface area (Å²) in [6, 6.07) is 15.8. The average molecular weight is 427 g/mol. The van der Waals surface area contributed by atoms with E-state index in [0.717, 1.165) is 43.0 Å². The first kappa shape index (κ1) is 20.0. The minimum absolute atomic E-state index is 0.168. The Kier molecular flexibility index (Phi) is 6.21. The van der Waals surface area contributed by atoms with Crippen molar-refractivity contribution in [2.75, 3.05) is 18.8 Å². The third-order valence-corrected chi connectivity index (χ3v) is 6.23. The van der Waals surface area contributed by atoms with Crippen molar-refractivity contribution >= 4 is 29.3 Å². The molecule has 4 rings (SSSR count). The molecule has 1 saturated heterocycles. The average Bonchev–Trinajstić information content (AvgIpc) is 3.17. The summed E-state index contributed by atoms with van der Waals surface area (Å²) in [6.07, 6.45) is 3.40. The smallest absolute Gasteiger partial charge is 0.233 e. The third kappa shape index (κ3) is 4.65. The van der Waals surface area contributed by atoms with Crippen LogP contribution >= 0.6 is 23.4 Å². The molecule has 1 amide bonds. The number of amides is 1. The second kappa shape index (κ2) is 9.01. The number of benzene rings is 2. The molecular formula is C22H23ClN4OS. The second-order valence-corrected chi connectivity index (χ2v) is 8.59. The summed E-state index contributed by atoms with van der Waals surface area (Å²) < 4.78 is 2.01. The van der Waals surface area contributed by atoms with Gasteiger partial charge in [-0.1, -0.05) is 41.1 Å². The topological polar surface area (TPSA) is 51.0 Å². The Hall–Kier alpha value is -2.31. The molecule has 150 valence electrons. The van der Waals surface area contributed by atoms with E-state index in [0.29, 0.717) is 15.9 Å². The Morgan fingerprint density at radius 3 is 2.38 bits per heavy atom. The lowest BCUT2D eigenvalue weighted by atomic mass is 10.1. The third-order valence-electron chi connectivity index (χ3n) is 5.06. The zero-order valence-corrected chi connectivity index (χ0v) is 17.9. The lowest BCUT2D eigenvalue weighted by Crippen LogP contribution is -2.36. The molecule has 0 unspecified atom stereocenters. The van der Waals surface area contributed by atoms with Crippen molar-refractivity contribution in [3.63, 3.8) is 0 Å². The zero-order valence-electron chi connectivity index (χ0n) is 16.3. The minimum atomic E-state index is 0.168. The van der Waals surface area contributed by atoms with Crippen molar-refractivity contribution < 1.29 is 4.79 Å². The summed E-state index contributed by atoms with van der Waals surface area (Å²) in [5, 5.41) is 10.2. The van der Waals surface area contributed by atoms with E-state index < -0.39 is 0 Å². The number of rotatable bonds is 5. The molecule has 2 aromatic carbocycles. The second-order valence-electron chi connectivity index (χ2n) is 7.21. The standard InChI is InChI=1S/C22H23ClN4OS/c1-16-5-11-19(12-6-16)27-21(17-7-9-18(23)10-8-17)24-25-22(27)29-15-20(28)26-13-3-2-4-14-26/h5-12H,2-4,13-15H2,1H3. The van der Waals surface area contributed by atoms with E-state index in [1.807, 2.05) is 33.7 Å².